The molecule has 1 aliphatic carbocycles. The van der Waals surface area contributed by atoms with E-state index in [4.69, 9.17) is 9.47 Å². The molecule has 0 aromatic carbocycles. The van der Waals surface area contributed by atoms with Gasteiger partial charge < -0.3 is 9.47 Å². The van der Waals surface area contributed by atoms with E-state index in [9.17, 15) is 19.2 Å². The first-order valence-electron chi connectivity index (χ1n) is 8.46. The Morgan fingerprint density at radius 1 is 0.708 bits per heavy atom. The quantitative estimate of drug-likeness (QED) is 0.580. The smallest absolute Gasteiger partial charge is 0.342 e. The summed E-state index contributed by atoms with van der Waals surface area (Å²) in [6.45, 7) is 3.93. The van der Waals surface area contributed by atoms with Crippen LogP contribution in [0.25, 0.3) is 0 Å². The van der Waals surface area contributed by atoms with Crippen LogP contribution in [-0.2, 0) is 28.7 Å². The summed E-state index contributed by atoms with van der Waals surface area (Å²) in [5, 5.41) is 0. The van der Waals surface area contributed by atoms with Gasteiger partial charge in [-0.2, -0.15) is 0 Å². The molecule has 0 amide bonds. The molecule has 0 spiro atoms. The van der Waals surface area contributed by atoms with E-state index in [1.54, 1.807) is 0 Å². The van der Waals surface area contributed by atoms with E-state index < -0.39 is 23.9 Å². The Bertz CT molecular complexity index is 636. The highest BCUT2D eigenvalue weighted by atomic mass is 16.6. The van der Waals surface area contributed by atoms with Gasteiger partial charge in [-0.1, -0.05) is 26.7 Å². The molecule has 2 atom stereocenters. The van der Waals surface area contributed by atoms with Crippen LogP contribution in [0.3, 0.4) is 0 Å². The second-order valence-corrected chi connectivity index (χ2v) is 6.52. The first kappa shape index (κ1) is 16.6. The van der Waals surface area contributed by atoms with Gasteiger partial charge in [-0.15, -0.1) is 0 Å². The van der Waals surface area contributed by atoms with Crippen LogP contribution >= 0.6 is 0 Å². The van der Waals surface area contributed by atoms with Gasteiger partial charge in [0.15, 0.2) is 0 Å². The summed E-state index contributed by atoms with van der Waals surface area (Å²) in [5.74, 6) is -3.03. The van der Waals surface area contributed by atoms with Crippen molar-refractivity contribution in [3.05, 3.63) is 22.3 Å². The van der Waals surface area contributed by atoms with Gasteiger partial charge in [0.1, 0.15) is 0 Å². The minimum atomic E-state index is -0.612. The SMILES string of the molecule is CCC[C@H]1CC2=C(C(=O)OC2=O)[C@@H](CCC)CC2=C1C(=O)OC2=O. The number of ether oxygens (including phenoxy) is 2. The van der Waals surface area contributed by atoms with Crippen LogP contribution in [0, 0.1) is 11.8 Å². The van der Waals surface area contributed by atoms with E-state index in [1.165, 1.54) is 0 Å². The zero-order valence-electron chi connectivity index (χ0n) is 13.8. The summed E-state index contributed by atoms with van der Waals surface area (Å²) in [7, 11) is 0. The maximum atomic E-state index is 12.2. The number of hydrogen-bond acceptors (Lipinski definition) is 6. The van der Waals surface area contributed by atoms with Crippen molar-refractivity contribution in [2.75, 3.05) is 0 Å². The lowest BCUT2D eigenvalue weighted by atomic mass is 9.76. The Balaban J connectivity index is 2.11. The number of carbonyl (C=O) groups excluding carboxylic acids is 4. The Kier molecular flexibility index (Phi) is 4.39. The maximum absolute atomic E-state index is 12.2. The Morgan fingerprint density at radius 3 is 1.42 bits per heavy atom. The standard InChI is InChI=1S/C18H20O6/c1-3-5-9-7-11-14(18(22)24-15(11)19)10(6-4-2)8-12-13(9)17(21)23-16(12)20/h9-10H,3-8H2,1-2H3/t9-,10-/m0/s1. The van der Waals surface area contributed by atoms with Gasteiger partial charge in [-0.05, 0) is 37.5 Å². The maximum Gasteiger partial charge on any atom is 0.342 e. The van der Waals surface area contributed by atoms with Crippen molar-refractivity contribution < 1.29 is 28.7 Å². The summed E-state index contributed by atoms with van der Waals surface area (Å²) >= 11 is 0. The molecule has 128 valence electrons. The van der Waals surface area contributed by atoms with Gasteiger partial charge in [-0.3, -0.25) is 0 Å². The van der Waals surface area contributed by atoms with E-state index in [1.807, 2.05) is 13.8 Å². The van der Waals surface area contributed by atoms with Gasteiger partial charge in [0.05, 0.1) is 11.1 Å². The molecule has 2 heterocycles. The third kappa shape index (κ3) is 2.60. The minimum absolute atomic E-state index is 0.245. The molecule has 24 heavy (non-hydrogen) atoms. The lowest BCUT2D eigenvalue weighted by Gasteiger charge is -2.23. The number of hydrogen-bond donors (Lipinski definition) is 0. The molecule has 0 aromatic heterocycles. The van der Waals surface area contributed by atoms with Crippen molar-refractivity contribution in [3.8, 4) is 0 Å². The summed E-state index contributed by atoms with van der Waals surface area (Å²) < 4.78 is 9.65. The van der Waals surface area contributed by atoms with E-state index in [-0.39, 0.29) is 24.7 Å². The molecule has 3 rings (SSSR count). The van der Waals surface area contributed by atoms with Crippen molar-refractivity contribution >= 4 is 23.9 Å². The lowest BCUT2D eigenvalue weighted by molar-refractivity contribution is -0.153. The van der Waals surface area contributed by atoms with E-state index >= 15 is 0 Å². The average Bonchev–Trinajstić information content (AvgIpc) is 2.92. The Hall–Kier alpha value is -2.24. The summed E-state index contributed by atoms with van der Waals surface area (Å²) in [6.07, 6.45) is 3.33. The number of rotatable bonds is 4. The van der Waals surface area contributed by atoms with Crippen LogP contribution in [0.2, 0.25) is 0 Å². The third-order valence-electron chi connectivity index (χ3n) is 4.95. The van der Waals surface area contributed by atoms with Crippen LogP contribution < -0.4 is 0 Å². The number of cyclic esters (lactones) is 4. The van der Waals surface area contributed by atoms with E-state index in [0.717, 1.165) is 12.8 Å². The summed E-state index contributed by atoms with van der Waals surface area (Å²) in [6, 6.07) is 0. The fourth-order valence-corrected chi connectivity index (χ4v) is 3.97. The molecule has 0 radical (unpaired) electrons. The van der Waals surface area contributed by atoms with Gasteiger partial charge in [0.2, 0.25) is 0 Å². The van der Waals surface area contributed by atoms with Gasteiger partial charge in [0, 0.05) is 11.1 Å². The molecule has 0 N–H and O–H groups in total. The number of carbonyl (C=O) groups is 4. The van der Waals surface area contributed by atoms with Crippen LogP contribution in [-0.4, -0.2) is 23.9 Å². The molecule has 0 aromatic rings. The molecule has 3 aliphatic rings. The highest BCUT2D eigenvalue weighted by molar-refractivity contribution is 6.15. The van der Waals surface area contributed by atoms with Crippen LogP contribution in [0.4, 0.5) is 0 Å². The molecule has 6 nitrogen and oxygen atoms in total. The number of esters is 4. The molecule has 6 heteroatoms. The predicted molar refractivity (Wildman–Crippen MR) is 82.3 cm³/mol. The Morgan fingerprint density at radius 2 is 1.08 bits per heavy atom. The molecule has 0 saturated heterocycles. The highest BCUT2D eigenvalue weighted by Gasteiger charge is 2.45. The first-order chi connectivity index (χ1) is 11.5. The molecular formula is C18H20O6. The zero-order chi connectivity index (χ0) is 17.4. The second-order valence-electron chi connectivity index (χ2n) is 6.52. The fraction of sp³-hybridized carbons (Fsp3) is 0.556. The fourth-order valence-electron chi connectivity index (χ4n) is 3.97. The molecular weight excluding hydrogens is 312 g/mol. The minimum Gasteiger partial charge on any atom is -0.386 e. The van der Waals surface area contributed by atoms with Crippen LogP contribution in [0.5, 0.6) is 0 Å². The van der Waals surface area contributed by atoms with Crippen LogP contribution in [0.15, 0.2) is 22.3 Å². The molecule has 0 fully saturated rings. The van der Waals surface area contributed by atoms with Crippen molar-refractivity contribution in [1.82, 2.24) is 0 Å². The summed E-state index contributed by atoms with van der Waals surface area (Å²) in [5.41, 5.74) is 1.52. The van der Waals surface area contributed by atoms with Gasteiger partial charge in [0.25, 0.3) is 0 Å². The average molecular weight is 332 g/mol. The second kappa shape index (κ2) is 6.34. The van der Waals surface area contributed by atoms with Crippen molar-refractivity contribution in [2.24, 2.45) is 11.8 Å². The molecule has 2 aliphatic heterocycles. The lowest BCUT2D eigenvalue weighted by Crippen LogP contribution is -2.20. The molecule has 0 unspecified atom stereocenters. The largest absolute Gasteiger partial charge is 0.386 e. The van der Waals surface area contributed by atoms with Crippen molar-refractivity contribution in [1.29, 1.82) is 0 Å². The van der Waals surface area contributed by atoms with E-state index in [0.29, 0.717) is 35.1 Å². The van der Waals surface area contributed by atoms with Gasteiger partial charge >= 0.3 is 23.9 Å². The van der Waals surface area contributed by atoms with Crippen molar-refractivity contribution in [2.45, 2.75) is 52.4 Å². The molecule has 0 saturated carbocycles. The molecule has 0 bridgehead atoms. The highest BCUT2D eigenvalue weighted by Crippen LogP contribution is 2.43. The monoisotopic (exact) mass is 332 g/mol. The van der Waals surface area contributed by atoms with E-state index in [2.05, 4.69) is 0 Å². The zero-order valence-corrected chi connectivity index (χ0v) is 13.8. The summed E-state index contributed by atoms with van der Waals surface area (Å²) in [4.78, 5) is 48.6. The third-order valence-corrected chi connectivity index (χ3v) is 4.95. The van der Waals surface area contributed by atoms with Crippen LogP contribution in [0.1, 0.15) is 52.4 Å². The Labute approximate surface area is 139 Å². The van der Waals surface area contributed by atoms with Gasteiger partial charge in [-0.25, -0.2) is 19.2 Å². The first-order valence-corrected chi connectivity index (χ1v) is 8.46. The van der Waals surface area contributed by atoms with Crippen molar-refractivity contribution in [3.63, 3.8) is 0 Å². The normalized spacial score (nSPS) is 26.9. The predicted octanol–water partition coefficient (Wildman–Crippen LogP) is 2.37. The topological polar surface area (TPSA) is 86.7 Å².